The van der Waals surface area contributed by atoms with Crippen LogP contribution in [0.4, 0.5) is 5.69 Å². The van der Waals surface area contributed by atoms with E-state index < -0.39 is 0 Å². The summed E-state index contributed by atoms with van der Waals surface area (Å²) in [4.78, 5) is 21.0. The fourth-order valence-electron chi connectivity index (χ4n) is 2.91. The van der Waals surface area contributed by atoms with E-state index in [9.17, 15) is 4.79 Å². The highest BCUT2D eigenvalue weighted by Crippen LogP contribution is 2.32. The lowest BCUT2D eigenvalue weighted by atomic mass is 10.0. The van der Waals surface area contributed by atoms with Crippen molar-refractivity contribution in [2.45, 2.75) is 13.8 Å². The quantitative estimate of drug-likeness (QED) is 0.761. The maximum absolute atomic E-state index is 11.9. The summed E-state index contributed by atoms with van der Waals surface area (Å²) in [6, 6.07) is 7.74. The number of ether oxygens (including phenoxy) is 2. The lowest BCUT2D eigenvalue weighted by molar-refractivity contribution is -0.119. The van der Waals surface area contributed by atoms with Crippen molar-refractivity contribution in [3.8, 4) is 17.0 Å². The molecule has 1 N–H and O–H groups in total. The van der Waals surface area contributed by atoms with E-state index in [4.69, 9.17) is 14.5 Å². The molecule has 0 spiro atoms. The Balaban J connectivity index is 2.13. The third-order valence-corrected chi connectivity index (χ3v) is 4.15. The van der Waals surface area contributed by atoms with Gasteiger partial charge in [0.1, 0.15) is 12.4 Å². The van der Waals surface area contributed by atoms with E-state index >= 15 is 0 Å². The summed E-state index contributed by atoms with van der Waals surface area (Å²) in [5, 5.41) is 3.82. The number of hydrogen-bond donors (Lipinski definition) is 1. The molecule has 3 aromatic rings. The van der Waals surface area contributed by atoms with Gasteiger partial charge in [-0.1, -0.05) is 6.07 Å². The van der Waals surface area contributed by atoms with E-state index in [1.807, 2.05) is 38.1 Å². The number of nitrogens with one attached hydrogen (secondary N) is 1. The Morgan fingerprint density at radius 3 is 2.65 bits per heavy atom. The highest BCUT2D eigenvalue weighted by molar-refractivity contribution is 6.04. The van der Waals surface area contributed by atoms with Crippen molar-refractivity contribution in [3.05, 3.63) is 47.8 Å². The topological polar surface area (TPSA) is 73.3 Å². The molecule has 0 aliphatic carbocycles. The number of anilines is 1. The minimum Gasteiger partial charge on any atom is -0.495 e. The molecule has 1 amide bonds. The van der Waals surface area contributed by atoms with Crippen LogP contribution in [0.3, 0.4) is 0 Å². The zero-order chi connectivity index (χ0) is 18.7. The maximum atomic E-state index is 11.9. The third-order valence-electron chi connectivity index (χ3n) is 4.15. The van der Waals surface area contributed by atoms with Crippen LogP contribution in [0.1, 0.15) is 11.1 Å². The number of rotatable bonds is 5. The predicted octanol–water partition coefficient (Wildman–Crippen LogP) is 3.51. The zero-order valence-electron chi connectivity index (χ0n) is 15.3. The lowest BCUT2D eigenvalue weighted by Crippen LogP contribution is -2.17. The smallest absolute Gasteiger partial charge is 0.250 e. The zero-order valence-corrected chi connectivity index (χ0v) is 15.3. The van der Waals surface area contributed by atoms with Gasteiger partial charge in [-0.25, -0.2) is 4.98 Å². The number of amides is 1. The number of pyridine rings is 2. The number of methoxy groups -OCH3 is 2. The molecule has 0 saturated heterocycles. The summed E-state index contributed by atoms with van der Waals surface area (Å²) >= 11 is 0. The third kappa shape index (κ3) is 3.50. The van der Waals surface area contributed by atoms with E-state index in [2.05, 4.69) is 10.3 Å². The van der Waals surface area contributed by atoms with Gasteiger partial charge in [0.15, 0.2) is 0 Å². The van der Waals surface area contributed by atoms with Gasteiger partial charge in [-0.3, -0.25) is 9.78 Å². The maximum Gasteiger partial charge on any atom is 0.250 e. The highest BCUT2D eigenvalue weighted by atomic mass is 16.5. The Morgan fingerprint density at radius 2 is 1.92 bits per heavy atom. The SMILES string of the molecule is COCC(=O)Nc1ccc(C)c2nc(-c3cncc(OC)c3)cc(C)c12. The van der Waals surface area contributed by atoms with Crippen LogP contribution in [0.2, 0.25) is 0 Å². The van der Waals surface area contributed by atoms with Gasteiger partial charge in [-0.05, 0) is 43.2 Å². The van der Waals surface area contributed by atoms with E-state index in [1.54, 1.807) is 19.5 Å². The monoisotopic (exact) mass is 351 g/mol. The minimum atomic E-state index is -0.196. The van der Waals surface area contributed by atoms with Gasteiger partial charge < -0.3 is 14.8 Å². The van der Waals surface area contributed by atoms with E-state index in [0.29, 0.717) is 5.75 Å². The molecule has 26 heavy (non-hydrogen) atoms. The Morgan fingerprint density at radius 1 is 1.12 bits per heavy atom. The minimum absolute atomic E-state index is 0.00933. The molecule has 1 aromatic carbocycles. The molecule has 6 nitrogen and oxygen atoms in total. The first-order valence-electron chi connectivity index (χ1n) is 8.22. The van der Waals surface area contributed by atoms with E-state index in [-0.39, 0.29) is 12.5 Å². The van der Waals surface area contributed by atoms with E-state index in [1.165, 1.54) is 7.11 Å². The Labute approximate surface area is 152 Å². The number of benzene rings is 1. The van der Waals surface area contributed by atoms with Crippen molar-refractivity contribution in [1.29, 1.82) is 0 Å². The van der Waals surface area contributed by atoms with E-state index in [0.717, 1.165) is 39.0 Å². The van der Waals surface area contributed by atoms with Crippen LogP contribution >= 0.6 is 0 Å². The first kappa shape index (κ1) is 17.8. The number of carbonyl (C=O) groups is 1. The van der Waals surface area contributed by atoms with Crippen molar-refractivity contribution in [2.75, 3.05) is 26.1 Å². The second-order valence-electron chi connectivity index (χ2n) is 6.07. The van der Waals surface area contributed by atoms with Gasteiger partial charge in [0.05, 0.1) is 30.2 Å². The average molecular weight is 351 g/mol. The normalized spacial score (nSPS) is 10.8. The van der Waals surface area contributed by atoms with Crippen LogP contribution in [-0.4, -0.2) is 36.7 Å². The van der Waals surface area contributed by atoms with Crippen molar-refractivity contribution in [3.63, 3.8) is 0 Å². The molecule has 2 aromatic heterocycles. The standard InChI is InChI=1S/C20H21N3O3/c1-12-5-6-16(22-18(24)11-25-3)19-13(2)7-17(23-20(12)19)14-8-15(26-4)10-21-9-14/h5-10H,11H2,1-4H3,(H,22,24). The second-order valence-corrected chi connectivity index (χ2v) is 6.07. The molecular weight excluding hydrogens is 330 g/mol. The van der Waals surface area contributed by atoms with Gasteiger partial charge in [-0.2, -0.15) is 0 Å². The number of nitrogens with zero attached hydrogens (tertiary/aromatic N) is 2. The van der Waals surface area contributed by atoms with Crippen LogP contribution in [0.25, 0.3) is 22.2 Å². The fraction of sp³-hybridized carbons (Fsp3) is 0.250. The molecule has 3 rings (SSSR count). The molecule has 0 saturated carbocycles. The van der Waals surface area contributed by atoms with Crippen LogP contribution < -0.4 is 10.1 Å². The van der Waals surface area contributed by atoms with Crippen molar-refractivity contribution >= 4 is 22.5 Å². The van der Waals surface area contributed by atoms with Gasteiger partial charge in [-0.15, -0.1) is 0 Å². The summed E-state index contributed by atoms with van der Waals surface area (Å²) in [5.41, 5.74) is 5.31. The van der Waals surface area contributed by atoms with Crippen LogP contribution in [0.5, 0.6) is 5.75 Å². The summed E-state index contributed by atoms with van der Waals surface area (Å²) in [7, 11) is 3.10. The Bertz CT molecular complexity index is 970. The molecule has 0 bridgehead atoms. The average Bonchev–Trinajstić information content (AvgIpc) is 2.64. The van der Waals surface area contributed by atoms with Crippen LogP contribution in [0, 0.1) is 13.8 Å². The summed E-state index contributed by atoms with van der Waals surface area (Å²) < 4.78 is 10.1. The van der Waals surface area contributed by atoms with Gasteiger partial charge in [0, 0.05) is 24.3 Å². The largest absolute Gasteiger partial charge is 0.495 e. The lowest BCUT2D eigenvalue weighted by Gasteiger charge is -2.14. The van der Waals surface area contributed by atoms with Crippen LogP contribution in [-0.2, 0) is 9.53 Å². The second kappa shape index (κ2) is 7.49. The number of aryl methyl sites for hydroxylation is 2. The molecule has 134 valence electrons. The molecule has 6 heteroatoms. The van der Waals surface area contributed by atoms with Crippen LogP contribution in [0.15, 0.2) is 36.7 Å². The summed E-state index contributed by atoms with van der Waals surface area (Å²) in [5.74, 6) is 0.484. The number of fused-ring (bicyclic) bond motifs is 1. The number of carbonyl (C=O) groups excluding carboxylic acids is 1. The first-order chi connectivity index (χ1) is 12.5. The predicted molar refractivity (Wildman–Crippen MR) is 102 cm³/mol. The molecule has 0 aliphatic heterocycles. The van der Waals surface area contributed by atoms with Crippen molar-refractivity contribution in [2.24, 2.45) is 0 Å². The Hall–Kier alpha value is -2.99. The molecule has 0 aliphatic rings. The molecule has 0 radical (unpaired) electrons. The summed E-state index contributed by atoms with van der Waals surface area (Å²) in [6.45, 7) is 4.02. The molecular formula is C20H21N3O3. The van der Waals surface area contributed by atoms with Gasteiger partial charge in [0.2, 0.25) is 5.91 Å². The first-order valence-corrected chi connectivity index (χ1v) is 8.22. The number of aromatic nitrogens is 2. The molecule has 0 fully saturated rings. The van der Waals surface area contributed by atoms with Gasteiger partial charge in [0.25, 0.3) is 0 Å². The highest BCUT2D eigenvalue weighted by Gasteiger charge is 2.13. The molecule has 0 atom stereocenters. The van der Waals surface area contributed by atoms with Crippen molar-refractivity contribution < 1.29 is 14.3 Å². The molecule has 0 unspecified atom stereocenters. The van der Waals surface area contributed by atoms with Gasteiger partial charge >= 0.3 is 0 Å². The summed E-state index contributed by atoms with van der Waals surface area (Å²) in [6.07, 6.45) is 3.42. The molecule has 2 heterocycles. The fourth-order valence-corrected chi connectivity index (χ4v) is 2.91. The Kier molecular flexibility index (Phi) is 5.14. The number of hydrogen-bond acceptors (Lipinski definition) is 5. The van der Waals surface area contributed by atoms with Crippen molar-refractivity contribution in [1.82, 2.24) is 9.97 Å².